The number of carbonyl (C=O) groups is 1. The van der Waals surface area contributed by atoms with Crippen LogP contribution in [0.1, 0.15) is 24.0 Å². The molecule has 0 aromatic heterocycles. The van der Waals surface area contributed by atoms with Crippen LogP contribution in [0.15, 0.2) is 24.3 Å². The second-order valence-corrected chi connectivity index (χ2v) is 4.42. The van der Waals surface area contributed by atoms with Gasteiger partial charge in [0.25, 0.3) is 0 Å². The molecule has 0 amide bonds. The van der Waals surface area contributed by atoms with Crippen LogP contribution in [0.5, 0.6) is 0 Å². The molecule has 0 atom stereocenters. The Balaban J connectivity index is 2.49. The van der Waals surface area contributed by atoms with Crippen molar-refractivity contribution in [1.29, 1.82) is 0 Å². The second-order valence-electron chi connectivity index (χ2n) is 4.42. The predicted molar refractivity (Wildman–Crippen MR) is 56.4 cm³/mol. The quantitative estimate of drug-likeness (QED) is 0.865. The number of carbonyl (C=O) groups excluding carboxylic acids is 1. The fourth-order valence-corrected chi connectivity index (χ4v) is 2.34. The Kier molecular flexibility index (Phi) is 2.73. The van der Waals surface area contributed by atoms with Crippen LogP contribution in [0.25, 0.3) is 0 Å². The Morgan fingerprint density at radius 3 is 2.29 bits per heavy atom. The Morgan fingerprint density at radius 2 is 1.82 bits per heavy atom. The standard InChI is InChI=1S/C12H12F3NO/c13-12(14,15)10-4-2-1-3-9(10)11(7-16)5-8(17)6-11/h1-4H,5-7,16H2. The zero-order valence-corrected chi connectivity index (χ0v) is 9.05. The van der Waals surface area contributed by atoms with Crippen molar-refractivity contribution in [3.05, 3.63) is 35.4 Å². The molecule has 1 aromatic rings. The molecule has 1 aromatic carbocycles. The molecule has 0 saturated heterocycles. The van der Waals surface area contributed by atoms with Gasteiger partial charge in [-0.3, -0.25) is 4.79 Å². The molecule has 1 fully saturated rings. The third-order valence-corrected chi connectivity index (χ3v) is 3.27. The molecule has 0 radical (unpaired) electrons. The van der Waals surface area contributed by atoms with Gasteiger partial charge in [-0.15, -0.1) is 0 Å². The number of benzene rings is 1. The molecule has 2 nitrogen and oxygen atoms in total. The lowest BCUT2D eigenvalue weighted by molar-refractivity contribution is -0.141. The van der Waals surface area contributed by atoms with E-state index in [-0.39, 0.29) is 30.7 Å². The van der Waals surface area contributed by atoms with Gasteiger partial charge in [-0.05, 0) is 11.6 Å². The molecule has 5 heteroatoms. The highest BCUT2D eigenvalue weighted by atomic mass is 19.4. The van der Waals surface area contributed by atoms with Gasteiger partial charge in [0.15, 0.2) is 0 Å². The minimum Gasteiger partial charge on any atom is -0.330 e. The Labute approximate surface area is 96.6 Å². The summed E-state index contributed by atoms with van der Waals surface area (Å²) in [4.78, 5) is 11.1. The normalized spacial score (nSPS) is 18.9. The Hall–Kier alpha value is -1.36. The van der Waals surface area contributed by atoms with Crippen LogP contribution in [-0.2, 0) is 16.4 Å². The third-order valence-electron chi connectivity index (χ3n) is 3.27. The summed E-state index contributed by atoms with van der Waals surface area (Å²) in [5.74, 6) is -0.0348. The summed E-state index contributed by atoms with van der Waals surface area (Å²) in [6.45, 7) is 0.0613. The number of alkyl halides is 3. The first kappa shape index (κ1) is 12.1. The first-order valence-corrected chi connectivity index (χ1v) is 5.27. The lowest BCUT2D eigenvalue weighted by atomic mass is 9.62. The molecule has 0 heterocycles. The van der Waals surface area contributed by atoms with E-state index < -0.39 is 17.2 Å². The van der Waals surface area contributed by atoms with Gasteiger partial charge >= 0.3 is 6.18 Å². The van der Waals surface area contributed by atoms with Crippen LogP contribution in [0.3, 0.4) is 0 Å². The van der Waals surface area contributed by atoms with Gasteiger partial charge in [0, 0.05) is 24.8 Å². The van der Waals surface area contributed by atoms with Crippen molar-refractivity contribution in [1.82, 2.24) is 0 Å². The van der Waals surface area contributed by atoms with Crippen molar-refractivity contribution in [2.75, 3.05) is 6.54 Å². The minimum absolute atomic E-state index is 0.0348. The summed E-state index contributed by atoms with van der Waals surface area (Å²) in [5, 5.41) is 0. The van der Waals surface area contributed by atoms with Gasteiger partial charge < -0.3 is 5.73 Å². The van der Waals surface area contributed by atoms with Crippen molar-refractivity contribution < 1.29 is 18.0 Å². The summed E-state index contributed by atoms with van der Waals surface area (Å²) < 4.78 is 38.5. The first-order valence-electron chi connectivity index (χ1n) is 5.27. The zero-order chi connectivity index (χ0) is 12.7. The van der Waals surface area contributed by atoms with Gasteiger partial charge in [0.05, 0.1) is 5.56 Å². The molecule has 0 spiro atoms. The SMILES string of the molecule is NCC1(c2ccccc2C(F)(F)F)CC(=O)C1. The summed E-state index contributed by atoms with van der Waals surface area (Å²) in [5.41, 5.74) is 4.20. The van der Waals surface area contributed by atoms with Gasteiger partial charge in [0.1, 0.15) is 5.78 Å². The molecule has 2 N–H and O–H groups in total. The molecular weight excluding hydrogens is 231 g/mol. The number of hydrogen-bond acceptors (Lipinski definition) is 2. The van der Waals surface area contributed by atoms with Gasteiger partial charge in [0.2, 0.25) is 0 Å². The second kappa shape index (κ2) is 3.84. The highest BCUT2D eigenvalue weighted by molar-refractivity contribution is 5.89. The van der Waals surface area contributed by atoms with Crippen LogP contribution in [0.4, 0.5) is 13.2 Å². The van der Waals surface area contributed by atoms with E-state index in [1.807, 2.05) is 0 Å². The molecule has 92 valence electrons. The topological polar surface area (TPSA) is 43.1 Å². The number of ketones is 1. The van der Waals surface area contributed by atoms with E-state index in [1.54, 1.807) is 6.07 Å². The van der Waals surface area contributed by atoms with Crippen molar-refractivity contribution in [3.63, 3.8) is 0 Å². The molecule has 0 aliphatic heterocycles. The first-order chi connectivity index (χ1) is 7.89. The zero-order valence-electron chi connectivity index (χ0n) is 9.05. The number of halogens is 3. The van der Waals surface area contributed by atoms with Crippen LogP contribution < -0.4 is 5.73 Å². The highest BCUT2D eigenvalue weighted by Crippen LogP contribution is 2.45. The maximum Gasteiger partial charge on any atom is 0.416 e. The lowest BCUT2D eigenvalue weighted by Gasteiger charge is -2.41. The van der Waals surface area contributed by atoms with Crippen LogP contribution in [0.2, 0.25) is 0 Å². The van der Waals surface area contributed by atoms with Crippen molar-refractivity contribution in [2.45, 2.75) is 24.4 Å². The van der Waals surface area contributed by atoms with E-state index in [2.05, 4.69) is 0 Å². The predicted octanol–water partition coefficient (Wildman–Crippen LogP) is 2.26. The van der Waals surface area contributed by atoms with Crippen LogP contribution >= 0.6 is 0 Å². The molecule has 2 rings (SSSR count). The van der Waals surface area contributed by atoms with E-state index in [0.717, 1.165) is 6.07 Å². The minimum atomic E-state index is -4.41. The van der Waals surface area contributed by atoms with Gasteiger partial charge in [-0.1, -0.05) is 18.2 Å². The summed E-state index contributed by atoms with van der Waals surface area (Å²) in [6, 6.07) is 5.35. The molecular formula is C12H12F3NO. The smallest absolute Gasteiger partial charge is 0.330 e. The number of Topliss-reactive ketones (excluding diaryl/α,β-unsaturated/α-hetero) is 1. The molecule has 17 heavy (non-hydrogen) atoms. The number of rotatable bonds is 2. The van der Waals surface area contributed by atoms with E-state index in [9.17, 15) is 18.0 Å². The van der Waals surface area contributed by atoms with Crippen molar-refractivity contribution in [2.24, 2.45) is 5.73 Å². The van der Waals surface area contributed by atoms with Crippen LogP contribution in [-0.4, -0.2) is 12.3 Å². The third kappa shape index (κ3) is 1.95. The Morgan fingerprint density at radius 1 is 1.24 bits per heavy atom. The highest BCUT2D eigenvalue weighted by Gasteiger charge is 2.48. The number of hydrogen-bond donors (Lipinski definition) is 1. The van der Waals surface area contributed by atoms with Crippen molar-refractivity contribution in [3.8, 4) is 0 Å². The average Bonchev–Trinajstić information content (AvgIpc) is 2.23. The van der Waals surface area contributed by atoms with E-state index in [0.29, 0.717) is 0 Å². The monoisotopic (exact) mass is 243 g/mol. The maximum atomic E-state index is 12.8. The van der Waals surface area contributed by atoms with Gasteiger partial charge in [-0.2, -0.15) is 13.2 Å². The largest absolute Gasteiger partial charge is 0.416 e. The number of nitrogens with two attached hydrogens (primary N) is 1. The summed E-state index contributed by atoms with van der Waals surface area (Å²) in [6.07, 6.45) is -4.19. The van der Waals surface area contributed by atoms with Crippen LogP contribution in [0, 0.1) is 0 Å². The van der Waals surface area contributed by atoms with Crippen molar-refractivity contribution >= 4 is 5.78 Å². The Bertz CT molecular complexity index is 445. The summed E-state index contributed by atoms with van der Waals surface area (Å²) >= 11 is 0. The molecule has 0 unspecified atom stereocenters. The molecule has 1 aliphatic carbocycles. The molecule has 0 bridgehead atoms. The lowest BCUT2D eigenvalue weighted by Crippen LogP contribution is -2.48. The van der Waals surface area contributed by atoms with E-state index in [1.165, 1.54) is 12.1 Å². The summed E-state index contributed by atoms with van der Waals surface area (Å²) in [7, 11) is 0. The maximum absolute atomic E-state index is 12.8. The van der Waals surface area contributed by atoms with E-state index >= 15 is 0 Å². The fourth-order valence-electron chi connectivity index (χ4n) is 2.34. The average molecular weight is 243 g/mol. The van der Waals surface area contributed by atoms with E-state index in [4.69, 9.17) is 5.73 Å². The molecule has 1 saturated carbocycles. The fraction of sp³-hybridized carbons (Fsp3) is 0.417. The molecule has 1 aliphatic rings. The van der Waals surface area contributed by atoms with Gasteiger partial charge in [-0.25, -0.2) is 0 Å².